The SMILES string of the molecule is CN(C)CCCC1CCN(c2ncnc3cc(Br)ccc23)CC1. The Morgan fingerprint density at radius 3 is 2.74 bits per heavy atom. The van der Waals surface area contributed by atoms with E-state index in [2.05, 4.69) is 68.0 Å². The van der Waals surface area contributed by atoms with Crippen molar-refractivity contribution in [2.24, 2.45) is 5.92 Å². The fourth-order valence-corrected chi connectivity index (χ4v) is 3.75. The predicted molar refractivity (Wildman–Crippen MR) is 100.0 cm³/mol. The second-order valence-electron chi connectivity index (χ2n) is 6.73. The number of fused-ring (bicyclic) bond motifs is 1. The minimum atomic E-state index is 0.869. The number of rotatable bonds is 5. The fraction of sp³-hybridized carbons (Fsp3) is 0.556. The third-order valence-corrected chi connectivity index (χ3v) is 5.20. The topological polar surface area (TPSA) is 32.3 Å². The summed E-state index contributed by atoms with van der Waals surface area (Å²) in [7, 11) is 4.31. The first kappa shape index (κ1) is 16.7. The van der Waals surface area contributed by atoms with Crippen molar-refractivity contribution >= 4 is 32.7 Å². The summed E-state index contributed by atoms with van der Waals surface area (Å²) in [5.41, 5.74) is 1.01. The van der Waals surface area contributed by atoms with E-state index in [0.29, 0.717) is 0 Å². The highest BCUT2D eigenvalue weighted by Gasteiger charge is 2.21. The normalized spacial score (nSPS) is 16.4. The summed E-state index contributed by atoms with van der Waals surface area (Å²) in [5, 5.41) is 1.15. The zero-order valence-electron chi connectivity index (χ0n) is 14.0. The second-order valence-corrected chi connectivity index (χ2v) is 7.65. The number of hydrogen-bond donors (Lipinski definition) is 0. The highest BCUT2D eigenvalue weighted by molar-refractivity contribution is 9.10. The Morgan fingerprint density at radius 2 is 2.00 bits per heavy atom. The summed E-state index contributed by atoms with van der Waals surface area (Å²) in [4.78, 5) is 13.7. The standard InChI is InChI=1S/C18H25BrN4/c1-22(2)9-3-4-14-7-10-23(11-8-14)18-16-6-5-15(19)12-17(16)20-13-21-18/h5-6,12-14H,3-4,7-11H2,1-2H3. The summed E-state index contributed by atoms with van der Waals surface area (Å²) in [6.45, 7) is 3.41. The molecule has 1 saturated heterocycles. The Bertz CT molecular complexity index is 651. The second kappa shape index (κ2) is 7.58. The third-order valence-electron chi connectivity index (χ3n) is 4.71. The van der Waals surface area contributed by atoms with E-state index >= 15 is 0 Å². The predicted octanol–water partition coefficient (Wildman–Crippen LogP) is 3.95. The average molecular weight is 377 g/mol. The van der Waals surface area contributed by atoms with Gasteiger partial charge in [-0.15, -0.1) is 0 Å². The van der Waals surface area contributed by atoms with Crippen molar-refractivity contribution in [1.29, 1.82) is 0 Å². The van der Waals surface area contributed by atoms with E-state index in [9.17, 15) is 0 Å². The van der Waals surface area contributed by atoms with Crippen LogP contribution in [0, 0.1) is 5.92 Å². The monoisotopic (exact) mass is 376 g/mol. The number of piperidine rings is 1. The minimum absolute atomic E-state index is 0.869. The van der Waals surface area contributed by atoms with Crippen LogP contribution in [-0.2, 0) is 0 Å². The number of benzene rings is 1. The number of hydrogen-bond acceptors (Lipinski definition) is 4. The Labute approximate surface area is 147 Å². The van der Waals surface area contributed by atoms with Gasteiger partial charge in [0, 0.05) is 22.9 Å². The summed E-state index contributed by atoms with van der Waals surface area (Å²) in [6.07, 6.45) is 6.89. The first-order valence-electron chi connectivity index (χ1n) is 8.43. The van der Waals surface area contributed by atoms with Gasteiger partial charge in [0.1, 0.15) is 12.1 Å². The van der Waals surface area contributed by atoms with E-state index in [0.717, 1.165) is 40.2 Å². The van der Waals surface area contributed by atoms with Gasteiger partial charge in [-0.05, 0) is 70.4 Å². The molecular weight excluding hydrogens is 352 g/mol. The largest absolute Gasteiger partial charge is 0.356 e. The van der Waals surface area contributed by atoms with Crippen molar-refractivity contribution < 1.29 is 0 Å². The smallest absolute Gasteiger partial charge is 0.139 e. The Balaban J connectivity index is 1.64. The molecule has 0 spiro atoms. The Morgan fingerprint density at radius 1 is 1.22 bits per heavy atom. The van der Waals surface area contributed by atoms with Gasteiger partial charge in [0.05, 0.1) is 5.52 Å². The van der Waals surface area contributed by atoms with Gasteiger partial charge in [-0.2, -0.15) is 0 Å². The summed E-state index contributed by atoms with van der Waals surface area (Å²) < 4.78 is 1.06. The molecule has 1 fully saturated rings. The molecule has 0 radical (unpaired) electrons. The molecule has 23 heavy (non-hydrogen) atoms. The quantitative estimate of drug-likeness (QED) is 0.790. The summed E-state index contributed by atoms with van der Waals surface area (Å²) in [5.74, 6) is 1.96. The molecule has 2 heterocycles. The molecule has 0 atom stereocenters. The Hall–Kier alpha value is -1.20. The van der Waals surface area contributed by atoms with Crippen LogP contribution in [0.15, 0.2) is 29.0 Å². The molecule has 0 unspecified atom stereocenters. The molecule has 4 nitrogen and oxygen atoms in total. The lowest BCUT2D eigenvalue weighted by Gasteiger charge is -2.33. The lowest BCUT2D eigenvalue weighted by atomic mass is 9.92. The molecule has 0 N–H and O–H groups in total. The van der Waals surface area contributed by atoms with Crippen LogP contribution in [0.5, 0.6) is 0 Å². The van der Waals surface area contributed by atoms with Crippen LogP contribution in [0.4, 0.5) is 5.82 Å². The molecule has 3 rings (SSSR count). The van der Waals surface area contributed by atoms with E-state index in [-0.39, 0.29) is 0 Å². The number of nitrogens with zero attached hydrogens (tertiary/aromatic N) is 4. The van der Waals surface area contributed by atoms with Gasteiger partial charge in [0.2, 0.25) is 0 Å². The molecule has 0 bridgehead atoms. The van der Waals surface area contributed by atoms with Crippen LogP contribution in [0.2, 0.25) is 0 Å². The van der Waals surface area contributed by atoms with Crippen molar-refractivity contribution in [3.8, 4) is 0 Å². The molecule has 0 saturated carbocycles. The molecule has 0 aliphatic carbocycles. The molecule has 1 aromatic carbocycles. The molecule has 1 aliphatic heterocycles. The molecule has 5 heteroatoms. The zero-order chi connectivity index (χ0) is 16.2. The van der Waals surface area contributed by atoms with E-state index in [4.69, 9.17) is 0 Å². The van der Waals surface area contributed by atoms with Crippen molar-refractivity contribution in [2.75, 3.05) is 38.6 Å². The lowest BCUT2D eigenvalue weighted by molar-refractivity contribution is 0.331. The van der Waals surface area contributed by atoms with Crippen molar-refractivity contribution in [1.82, 2.24) is 14.9 Å². The third kappa shape index (κ3) is 4.21. The fourth-order valence-electron chi connectivity index (χ4n) is 3.40. The molecule has 124 valence electrons. The van der Waals surface area contributed by atoms with Crippen LogP contribution < -0.4 is 4.90 Å². The lowest BCUT2D eigenvalue weighted by Crippen LogP contribution is -2.34. The first-order valence-corrected chi connectivity index (χ1v) is 9.23. The molecular formula is C18H25BrN4. The van der Waals surface area contributed by atoms with E-state index < -0.39 is 0 Å². The van der Waals surface area contributed by atoms with Crippen molar-refractivity contribution in [3.63, 3.8) is 0 Å². The first-order chi connectivity index (χ1) is 11.1. The molecule has 1 aliphatic rings. The van der Waals surface area contributed by atoms with E-state index in [1.165, 1.54) is 32.2 Å². The molecule has 1 aromatic heterocycles. The summed E-state index contributed by atoms with van der Waals surface area (Å²) in [6, 6.07) is 6.26. The van der Waals surface area contributed by atoms with E-state index in [1.54, 1.807) is 6.33 Å². The minimum Gasteiger partial charge on any atom is -0.356 e. The van der Waals surface area contributed by atoms with Crippen LogP contribution in [0.25, 0.3) is 10.9 Å². The van der Waals surface area contributed by atoms with Crippen molar-refractivity contribution in [2.45, 2.75) is 25.7 Å². The number of aromatic nitrogens is 2. The maximum absolute atomic E-state index is 4.56. The van der Waals surface area contributed by atoms with Gasteiger partial charge in [0.15, 0.2) is 0 Å². The van der Waals surface area contributed by atoms with Gasteiger partial charge >= 0.3 is 0 Å². The maximum Gasteiger partial charge on any atom is 0.139 e. The molecule has 2 aromatic rings. The average Bonchev–Trinajstić information content (AvgIpc) is 2.54. The van der Waals surface area contributed by atoms with Gasteiger partial charge in [-0.1, -0.05) is 15.9 Å². The van der Waals surface area contributed by atoms with Crippen LogP contribution in [0.3, 0.4) is 0 Å². The van der Waals surface area contributed by atoms with Crippen LogP contribution in [-0.4, -0.2) is 48.6 Å². The number of halogens is 1. The Kier molecular flexibility index (Phi) is 5.49. The van der Waals surface area contributed by atoms with Crippen LogP contribution in [0.1, 0.15) is 25.7 Å². The van der Waals surface area contributed by atoms with Gasteiger partial charge < -0.3 is 9.80 Å². The summed E-state index contributed by atoms with van der Waals surface area (Å²) >= 11 is 3.52. The highest BCUT2D eigenvalue weighted by atomic mass is 79.9. The van der Waals surface area contributed by atoms with Gasteiger partial charge in [-0.25, -0.2) is 9.97 Å². The van der Waals surface area contributed by atoms with Crippen LogP contribution >= 0.6 is 15.9 Å². The van der Waals surface area contributed by atoms with Crippen molar-refractivity contribution in [3.05, 3.63) is 29.0 Å². The maximum atomic E-state index is 4.56. The number of anilines is 1. The van der Waals surface area contributed by atoms with Gasteiger partial charge in [0.25, 0.3) is 0 Å². The zero-order valence-corrected chi connectivity index (χ0v) is 15.6. The van der Waals surface area contributed by atoms with E-state index in [1.807, 2.05) is 0 Å². The highest BCUT2D eigenvalue weighted by Crippen LogP contribution is 2.30. The molecule has 0 amide bonds. The van der Waals surface area contributed by atoms with Gasteiger partial charge in [-0.3, -0.25) is 0 Å².